The van der Waals surface area contributed by atoms with Crippen molar-refractivity contribution in [1.82, 2.24) is 19.7 Å². The number of nitrogens with zero attached hydrogens (tertiary/aromatic N) is 4. The number of thiazole rings is 1. The topological polar surface area (TPSA) is 60.7 Å². The van der Waals surface area contributed by atoms with Crippen LogP contribution in [0.1, 0.15) is 15.5 Å². The number of carbonyl (C=O) groups is 1. The van der Waals surface area contributed by atoms with E-state index in [1.54, 1.807) is 23.1 Å². The highest BCUT2D eigenvalue weighted by Crippen LogP contribution is 2.32. The summed E-state index contributed by atoms with van der Waals surface area (Å²) in [6.45, 7) is 0. The molecule has 9 heteroatoms. The molecule has 0 amide bonds. The molecule has 3 heterocycles. The number of Topliss-reactive ketones (excluding diaryl/α,β-unsaturated/α-hetero) is 1. The fourth-order valence-corrected chi connectivity index (χ4v) is 6.59. The van der Waals surface area contributed by atoms with Gasteiger partial charge in [0, 0.05) is 5.69 Å². The Hall–Kier alpha value is -2.46. The lowest BCUT2D eigenvalue weighted by Gasteiger charge is -2.09. The van der Waals surface area contributed by atoms with Gasteiger partial charge in [0.25, 0.3) is 0 Å². The van der Waals surface area contributed by atoms with Crippen LogP contribution in [0.3, 0.4) is 0 Å². The third-order valence-corrected chi connectivity index (χ3v) is 8.46. The number of thiophene rings is 1. The van der Waals surface area contributed by atoms with Gasteiger partial charge in [-0.3, -0.25) is 9.36 Å². The Morgan fingerprint density at radius 3 is 2.58 bits per heavy atom. The summed E-state index contributed by atoms with van der Waals surface area (Å²) in [5.41, 5.74) is 2.00. The molecule has 0 N–H and O–H groups in total. The largest absolute Gasteiger partial charge is 0.292 e. The quantitative estimate of drug-likeness (QED) is 0.194. The Morgan fingerprint density at radius 2 is 1.77 bits per heavy atom. The number of fused-ring (bicyclic) bond motifs is 1. The van der Waals surface area contributed by atoms with Crippen molar-refractivity contribution in [3.8, 4) is 5.69 Å². The lowest BCUT2D eigenvalue weighted by Crippen LogP contribution is -2.04. The first kappa shape index (κ1) is 20.4. The Bertz CT molecular complexity index is 1280. The van der Waals surface area contributed by atoms with E-state index >= 15 is 0 Å². The molecule has 0 radical (unpaired) electrons. The lowest BCUT2D eigenvalue weighted by atomic mass is 10.3. The lowest BCUT2D eigenvalue weighted by molar-refractivity contribution is 0.102. The van der Waals surface area contributed by atoms with Crippen LogP contribution in [0, 0.1) is 0 Å². The number of thioether (sulfide) groups is 2. The Kier molecular flexibility index (Phi) is 6.17. The number of hydrogen-bond donors (Lipinski definition) is 0. The molecule has 0 saturated carbocycles. The summed E-state index contributed by atoms with van der Waals surface area (Å²) in [6.07, 6.45) is 0. The molecule has 2 aromatic carbocycles. The van der Waals surface area contributed by atoms with Crippen molar-refractivity contribution < 1.29 is 4.79 Å². The Morgan fingerprint density at radius 1 is 0.935 bits per heavy atom. The first-order valence-electron chi connectivity index (χ1n) is 9.45. The molecule has 5 aromatic rings. The number of hydrogen-bond acceptors (Lipinski definition) is 8. The number of carbonyl (C=O) groups excluding carboxylic acids is 1. The van der Waals surface area contributed by atoms with Gasteiger partial charge < -0.3 is 0 Å². The van der Waals surface area contributed by atoms with Crippen molar-refractivity contribution in [2.45, 2.75) is 15.2 Å². The number of rotatable bonds is 8. The highest BCUT2D eigenvalue weighted by atomic mass is 32.2. The number of ketones is 1. The average Bonchev–Trinajstić information content (AvgIpc) is 3.56. The molecular weight excluding hydrogens is 465 g/mol. The number of para-hydroxylation sites is 2. The number of benzene rings is 2. The molecule has 0 aliphatic rings. The molecule has 5 rings (SSSR count). The minimum atomic E-state index is 0.105. The highest BCUT2D eigenvalue weighted by molar-refractivity contribution is 8.00. The third-order valence-electron chi connectivity index (χ3n) is 4.44. The van der Waals surface area contributed by atoms with Crippen LogP contribution in [0.4, 0.5) is 0 Å². The zero-order valence-corrected chi connectivity index (χ0v) is 19.4. The van der Waals surface area contributed by atoms with Gasteiger partial charge in [-0.05, 0) is 35.7 Å². The van der Waals surface area contributed by atoms with Gasteiger partial charge in [-0.15, -0.1) is 32.9 Å². The molecule has 0 aliphatic heterocycles. The molecule has 0 spiro atoms. The fourth-order valence-electron chi connectivity index (χ4n) is 3.00. The molecule has 0 atom stereocenters. The maximum atomic E-state index is 12.5. The second kappa shape index (κ2) is 9.35. The molecule has 0 unspecified atom stereocenters. The highest BCUT2D eigenvalue weighted by Gasteiger charge is 2.17. The van der Waals surface area contributed by atoms with Crippen molar-refractivity contribution in [1.29, 1.82) is 0 Å². The van der Waals surface area contributed by atoms with Crippen molar-refractivity contribution in [2.24, 2.45) is 0 Å². The molecule has 5 nitrogen and oxygen atoms in total. The molecule has 154 valence electrons. The van der Waals surface area contributed by atoms with E-state index in [1.807, 2.05) is 70.6 Å². The zero-order chi connectivity index (χ0) is 21.0. The van der Waals surface area contributed by atoms with Crippen LogP contribution in [0.2, 0.25) is 0 Å². The predicted octanol–water partition coefficient (Wildman–Crippen LogP) is 6.21. The van der Waals surface area contributed by atoms with Gasteiger partial charge in [0.1, 0.15) is 5.82 Å². The van der Waals surface area contributed by atoms with Crippen LogP contribution in [0.5, 0.6) is 0 Å². The van der Waals surface area contributed by atoms with Gasteiger partial charge in [-0.25, -0.2) is 4.98 Å². The van der Waals surface area contributed by atoms with Gasteiger partial charge in [0.05, 0.1) is 26.6 Å². The van der Waals surface area contributed by atoms with Crippen LogP contribution in [-0.2, 0) is 5.75 Å². The molecule has 0 aliphatic carbocycles. The van der Waals surface area contributed by atoms with Crippen LogP contribution in [-0.4, -0.2) is 31.3 Å². The smallest absolute Gasteiger partial charge is 0.196 e. The third kappa shape index (κ3) is 4.59. The van der Waals surface area contributed by atoms with Crippen LogP contribution < -0.4 is 0 Å². The molecule has 0 saturated heterocycles. The molecule has 3 aromatic heterocycles. The van der Waals surface area contributed by atoms with Crippen LogP contribution in [0.25, 0.3) is 15.9 Å². The predicted molar refractivity (Wildman–Crippen MR) is 130 cm³/mol. The maximum Gasteiger partial charge on any atom is 0.196 e. The molecule has 0 fully saturated rings. The summed E-state index contributed by atoms with van der Waals surface area (Å²) in [5.74, 6) is 1.91. The van der Waals surface area contributed by atoms with E-state index in [1.165, 1.54) is 27.8 Å². The fraction of sp³-hybridized carbons (Fsp3) is 0.0909. The van der Waals surface area contributed by atoms with Crippen molar-refractivity contribution in [3.63, 3.8) is 0 Å². The summed E-state index contributed by atoms with van der Waals surface area (Å²) in [6, 6.07) is 21.9. The van der Waals surface area contributed by atoms with Gasteiger partial charge in [0.15, 0.2) is 15.3 Å². The summed E-state index contributed by atoms with van der Waals surface area (Å²) in [7, 11) is 0. The summed E-state index contributed by atoms with van der Waals surface area (Å²) < 4.78 is 4.22. The van der Waals surface area contributed by atoms with Crippen LogP contribution >= 0.6 is 46.2 Å². The van der Waals surface area contributed by atoms with Gasteiger partial charge in [-0.2, -0.15) is 0 Å². The van der Waals surface area contributed by atoms with E-state index in [4.69, 9.17) is 4.98 Å². The van der Waals surface area contributed by atoms with Crippen molar-refractivity contribution >= 4 is 62.2 Å². The Balaban J connectivity index is 1.38. The van der Waals surface area contributed by atoms with Crippen molar-refractivity contribution in [2.75, 3.05) is 5.75 Å². The van der Waals surface area contributed by atoms with Crippen LogP contribution in [0.15, 0.2) is 81.6 Å². The monoisotopic (exact) mass is 480 g/mol. The van der Waals surface area contributed by atoms with Gasteiger partial charge >= 0.3 is 0 Å². The SMILES string of the molecule is O=C(CSc1nnc(CSc2nc3ccccc3s2)n1-c1ccccc1)c1cccs1. The van der Waals surface area contributed by atoms with E-state index in [9.17, 15) is 4.79 Å². The molecular formula is C22H16N4OS4. The minimum Gasteiger partial charge on any atom is -0.292 e. The van der Waals surface area contributed by atoms with E-state index in [-0.39, 0.29) is 5.78 Å². The zero-order valence-electron chi connectivity index (χ0n) is 16.2. The molecule has 31 heavy (non-hydrogen) atoms. The molecule has 0 bridgehead atoms. The normalized spacial score (nSPS) is 11.2. The minimum absolute atomic E-state index is 0.105. The Labute approximate surface area is 195 Å². The standard InChI is InChI=1S/C22H16N4OS4/c27-17(19-11-6-12-28-19)13-29-21-25-24-20(26(21)15-7-2-1-3-8-15)14-30-22-23-16-9-4-5-10-18(16)31-22/h1-12H,13-14H2. The van der Waals surface area contributed by atoms with Gasteiger partial charge in [-0.1, -0.05) is 59.9 Å². The van der Waals surface area contributed by atoms with E-state index < -0.39 is 0 Å². The van der Waals surface area contributed by atoms with Gasteiger partial charge in [0.2, 0.25) is 0 Å². The second-order valence-electron chi connectivity index (χ2n) is 6.50. The number of aromatic nitrogens is 4. The summed E-state index contributed by atoms with van der Waals surface area (Å²) >= 11 is 6.22. The first-order valence-corrected chi connectivity index (χ1v) is 13.1. The maximum absolute atomic E-state index is 12.5. The summed E-state index contributed by atoms with van der Waals surface area (Å²) in [5, 5.41) is 11.5. The van der Waals surface area contributed by atoms with E-state index in [0.29, 0.717) is 11.5 Å². The van der Waals surface area contributed by atoms with Crippen molar-refractivity contribution in [3.05, 3.63) is 82.8 Å². The first-order chi connectivity index (χ1) is 15.3. The summed E-state index contributed by atoms with van der Waals surface area (Å²) in [4.78, 5) is 17.9. The average molecular weight is 481 g/mol. The van der Waals surface area contributed by atoms with E-state index in [0.717, 1.165) is 31.4 Å². The van der Waals surface area contributed by atoms with E-state index in [2.05, 4.69) is 16.3 Å². The second-order valence-corrected chi connectivity index (χ2v) is 10.6.